The number of likely N-dealkylation sites (tertiary alicyclic amines) is 2. The molecule has 3 saturated heterocycles. The number of fused-ring (bicyclic) bond motifs is 5. The van der Waals surface area contributed by atoms with Gasteiger partial charge >= 0.3 is 6.09 Å². The standard InChI is InChI=1S/C57H82N10O16S/c1-5-10-36(69)17-32-19-39-40-23-42-51(76)60-26-48(75)63-49(30(3)6-2)53(78)59-25-37(70)18-34(29-84(82)55(40)62-41(39)24-46(32)83-57(81)66-15-11-35(12-16-66)65-13-8-7-9-14-65)44(72)20-33(21-47(58)74)56(80)67-27-38(71)22-43(67)52(77)64-50(54(79)61-42)31(4)45(73)28-68/h19,24,30-31,33-35,38,42-43,45,49-50,62,68,71,73H,5-18,20-23,25-29H2,1-4H3,(H2,58,74)(H,59,78)(H,60,76)(H,61,79)(H,63,75)(H,64,77)/t30-,31?,33-,34-,38+,42-,43-,45?,49-,50-,84?/m0/s1. The summed E-state index contributed by atoms with van der Waals surface area (Å²) in [6.45, 7) is 6.50. The fraction of sp³-hybridized carbons (Fsp3) is 0.667. The van der Waals surface area contributed by atoms with Crippen molar-refractivity contribution in [2.24, 2.45) is 29.4 Å². The van der Waals surface area contributed by atoms with Crippen molar-refractivity contribution in [2.45, 2.75) is 165 Å². The van der Waals surface area contributed by atoms with Crippen LogP contribution in [0, 0.1) is 23.7 Å². The van der Waals surface area contributed by atoms with Gasteiger partial charge in [0, 0.05) is 105 Å². The molecule has 6 heterocycles. The number of ether oxygens (including phenoxy) is 1. The lowest BCUT2D eigenvalue weighted by Gasteiger charge is -2.39. The quantitative estimate of drug-likeness (QED) is 0.114. The zero-order valence-electron chi connectivity index (χ0n) is 48.2. The van der Waals surface area contributed by atoms with Gasteiger partial charge in [-0.3, -0.25) is 52.2 Å². The number of rotatable bonds is 13. The number of piperidine rings is 2. The molecule has 7 rings (SSSR count). The average molecular weight is 1200 g/mol. The third-order valence-electron chi connectivity index (χ3n) is 17.0. The highest BCUT2D eigenvalue weighted by Gasteiger charge is 2.45. The van der Waals surface area contributed by atoms with E-state index in [0.29, 0.717) is 32.0 Å². The molecule has 0 radical (unpaired) electrons. The number of aromatic amines is 1. The summed E-state index contributed by atoms with van der Waals surface area (Å²) >= 11 is 0. The van der Waals surface area contributed by atoms with Gasteiger partial charge in [-0.2, -0.15) is 0 Å². The largest absolute Gasteiger partial charge is 0.415 e. The summed E-state index contributed by atoms with van der Waals surface area (Å²) in [6, 6.07) is -3.16. The molecule has 11 atom stereocenters. The number of nitrogens with one attached hydrogen (secondary N) is 6. The Morgan fingerprint density at radius 1 is 0.845 bits per heavy atom. The number of carbonyl (C=O) groups excluding carboxylic acids is 11. The molecule has 5 aliphatic heterocycles. The molecule has 26 nitrogen and oxygen atoms in total. The monoisotopic (exact) mass is 1190 g/mol. The maximum atomic E-state index is 15.4. The molecule has 2 bridgehead atoms. The SMILES string of the molecule is CCCC(=O)Cc1cc2c3c([nH]c2cc1OC(=O)N1CCC(N2CCCCC2)CC1)S(=O)C[C@@H]1CC(=O)CNC(=O)[C@H]([C@@H](C)CC)NC(=O)CNC(=O)[C@H](C3)NC(=O)[C@H](C(C)C(O)CO)NC(=O)[C@@H]2C[C@@H](O)CN2C(=O)[C@H](CC(N)=O)CC1=O. The maximum Gasteiger partial charge on any atom is 0.415 e. The van der Waals surface area contributed by atoms with E-state index in [1.54, 1.807) is 18.7 Å². The lowest BCUT2D eigenvalue weighted by Crippen LogP contribution is -2.60. The van der Waals surface area contributed by atoms with Crippen molar-refractivity contribution >= 4 is 86.5 Å². The van der Waals surface area contributed by atoms with Gasteiger partial charge in [0.1, 0.15) is 46.5 Å². The number of Topliss-reactive ketones (excluding diaryl/α,β-unsaturated/α-hetero) is 3. The number of aliphatic hydroxyl groups excluding tert-OH is 3. The molecule has 3 fully saturated rings. The van der Waals surface area contributed by atoms with Crippen molar-refractivity contribution in [3.8, 4) is 5.75 Å². The van der Waals surface area contributed by atoms with Gasteiger partial charge in [0.15, 0.2) is 5.78 Å². The molecular formula is C57H82N10O16S. The van der Waals surface area contributed by atoms with Gasteiger partial charge in [0.2, 0.25) is 41.4 Å². The van der Waals surface area contributed by atoms with E-state index < -0.39 is 194 Å². The Balaban J connectivity index is 1.41. The molecule has 8 amide bonds. The summed E-state index contributed by atoms with van der Waals surface area (Å²) in [7, 11) is -2.43. The first-order valence-corrected chi connectivity index (χ1v) is 30.7. The predicted molar refractivity (Wildman–Crippen MR) is 303 cm³/mol. The van der Waals surface area contributed by atoms with Crippen molar-refractivity contribution in [1.82, 2.24) is 46.3 Å². The van der Waals surface area contributed by atoms with Crippen LogP contribution in [-0.2, 0) is 71.6 Å². The number of nitrogens with zero attached hydrogens (tertiary/aromatic N) is 3. The minimum atomic E-state index is -2.43. The third-order valence-corrected chi connectivity index (χ3v) is 18.6. The van der Waals surface area contributed by atoms with Crippen LogP contribution in [0.1, 0.15) is 116 Å². The summed E-state index contributed by atoms with van der Waals surface area (Å²) in [4.78, 5) is 164. The second-order valence-corrected chi connectivity index (χ2v) is 24.6. The number of H-pyrrole nitrogens is 1. The molecule has 11 N–H and O–H groups in total. The van der Waals surface area contributed by atoms with Crippen LogP contribution in [0.4, 0.5) is 4.79 Å². The summed E-state index contributed by atoms with van der Waals surface area (Å²) in [5.41, 5.74) is 6.06. The Morgan fingerprint density at radius 3 is 2.21 bits per heavy atom. The van der Waals surface area contributed by atoms with Gasteiger partial charge in [-0.25, -0.2) is 4.79 Å². The van der Waals surface area contributed by atoms with Crippen molar-refractivity contribution in [3.05, 3.63) is 23.3 Å². The number of hydrogen-bond donors (Lipinski definition) is 10. The minimum Gasteiger partial charge on any atom is -0.410 e. The number of hydrogen-bond acceptors (Lipinski definition) is 17. The van der Waals surface area contributed by atoms with Gasteiger partial charge in [0.05, 0.1) is 54.1 Å². The van der Waals surface area contributed by atoms with Crippen molar-refractivity contribution in [2.75, 3.05) is 58.2 Å². The predicted octanol–water partition coefficient (Wildman–Crippen LogP) is -1.08. The fourth-order valence-electron chi connectivity index (χ4n) is 11.9. The summed E-state index contributed by atoms with van der Waals surface area (Å²) in [5.74, 6) is -14.4. The molecule has 1 aromatic carbocycles. The summed E-state index contributed by atoms with van der Waals surface area (Å²) < 4.78 is 21.6. The van der Waals surface area contributed by atoms with Crippen molar-refractivity contribution < 1.29 is 77.0 Å². The van der Waals surface area contributed by atoms with Crippen LogP contribution >= 0.6 is 0 Å². The van der Waals surface area contributed by atoms with Crippen LogP contribution in [0.15, 0.2) is 17.2 Å². The Hall–Kier alpha value is -6.68. The van der Waals surface area contributed by atoms with Crippen LogP contribution < -0.4 is 37.1 Å². The molecule has 27 heteroatoms. The van der Waals surface area contributed by atoms with Gasteiger partial charge < -0.3 is 72.1 Å². The lowest BCUT2D eigenvalue weighted by molar-refractivity contribution is -0.145. The number of nitrogens with two attached hydrogens (primary N) is 1. The zero-order valence-corrected chi connectivity index (χ0v) is 49.1. The van der Waals surface area contributed by atoms with Crippen LogP contribution in [-0.4, -0.2) is 205 Å². The second-order valence-electron chi connectivity index (χ2n) is 23.2. The first-order chi connectivity index (χ1) is 40.0. The molecule has 5 aliphatic rings. The molecule has 2 aromatic rings. The van der Waals surface area contributed by atoms with Crippen LogP contribution in [0.5, 0.6) is 5.75 Å². The Morgan fingerprint density at radius 2 is 1.55 bits per heavy atom. The number of amides is 8. The highest BCUT2D eigenvalue weighted by Crippen LogP contribution is 2.35. The van der Waals surface area contributed by atoms with Crippen LogP contribution in [0.2, 0.25) is 0 Å². The molecule has 462 valence electrons. The van der Waals surface area contributed by atoms with E-state index in [2.05, 4.69) is 36.5 Å². The Labute approximate surface area is 489 Å². The van der Waals surface area contributed by atoms with E-state index in [1.165, 1.54) is 25.5 Å². The molecular weight excluding hydrogens is 1110 g/mol. The topological polar surface area (TPSA) is 386 Å². The van der Waals surface area contributed by atoms with Gasteiger partial charge in [-0.15, -0.1) is 0 Å². The van der Waals surface area contributed by atoms with Gasteiger partial charge in [0.25, 0.3) is 0 Å². The molecule has 0 aliphatic carbocycles. The highest BCUT2D eigenvalue weighted by molar-refractivity contribution is 7.85. The van der Waals surface area contributed by atoms with E-state index in [9.17, 15) is 68.1 Å². The number of ketones is 3. The second kappa shape index (κ2) is 29.4. The summed E-state index contributed by atoms with van der Waals surface area (Å²) in [5, 5.41) is 44.8. The van der Waals surface area contributed by atoms with Gasteiger partial charge in [-0.1, -0.05) is 40.5 Å². The van der Waals surface area contributed by atoms with Crippen LogP contribution in [0.25, 0.3) is 10.9 Å². The third kappa shape index (κ3) is 16.2. The lowest BCUT2D eigenvalue weighted by atomic mass is 9.89. The molecule has 0 saturated carbocycles. The molecule has 84 heavy (non-hydrogen) atoms. The van der Waals surface area contributed by atoms with Crippen molar-refractivity contribution in [3.63, 3.8) is 0 Å². The minimum absolute atomic E-state index is 0.0190. The number of aliphatic hydroxyl groups is 3. The molecule has 0 spiro atoms. The van der Waals surface area contributed by atoms with E-state index in [4.69, 9.17) is 10.5 Å². The highest BCUT2D eigenvalue weighted by atomic mass is 32.2. The Bertz CT molecular complexity index is 2850. The van der Waals surface area contributed by atoms with Crippen LogP contribution in [0.3, 0.4) is 0 Å². The molecule has 1 aromatic heterocycles. The number of benzene rings is 1. The molecule has 3 unspecified atom stereocenters. The fourth-order valence-corrected chi connectivity index (χ4v) is 13.5. The van der Waals surface area contributed by atoms with E-state index in [1.807, 2.05) is 6.92 Å². The van der Waals surface area contributed by atoms with Gasteiger partial charge in [-0.05, 0) is 62.7 Å². The summed E-state index contributed by atoms with van der Waals surface area (Å²) in [6.07, 6.45) is -1.36. The van der Waals surface area contributed by atoms with Crippen molar-refractivity contribution in [1.29, 1.82) is 0 Å². The average Bonchev–Trinajstić information content (AvgIpc) is 2.82. The van der Waals surface area contributed by atoms with E-state index in [0.717, 1.165) is 43.7 Å². The first kappa shape index (κ1) is 64.9. The number of carbonyl (C=O) groups is 11. The van der Waals surface area contributed by atoms with E-state index in [-0.39, 0.29) is 51.4 Å². The Kier molecular flexibility index (Phi) is 22.7. The zero-order chi connectivity index (χ0) is 61.1. The first-order valence-electron chi connectivity index (χ1n) is 29.3. The van der Waals surface area contributed by atoms with E-state index >= 15 is 4.21 Å². The number of aromatic nitrogens is 1. The maximum absolute atomic E-state index is 15.4. The smallest absolute Gasteiger partial charge is 0.410 e. The number of primary amides is 1. The normalized spacial score (nSPS) is 27.3.